The topological polar surface area (TPSA) is 75.5 Å². The average molecular weight is 223 g/mol. The van der Waals surface area contributed by atoms with Crippen LogP contribution >= 0.6 is 0 Å². The molecule has 1 aromatic heterocycles. The van der Waals surface area contributed by atoms with E-state index in [0.717, 1.165) is 0 Å². The first-order chi connectivity index (χ1) is 7.68. The molecule has 1 atom stereocenters. The van der Waals surface area contributed by atoms with Gasteiger partial charge in [0.05, 0.1) is 19.3 Å². The van der Waals surface area contributed by atoms with Crippen LogP contribution in [-0.2, 0) is 4.74 Å². The summed E-state index contributed by atoms with van der Waals surface area (Å²) in [6, 6.07) is 1.55. The Kier molecular flexibility index (Phi) is 3.00. The van der Waals surface area contributed by atoms with Crippen LogP contribution in [0, 0.1) is 0 Å². The summed E-state index contributed by atoms with van der Waals surface area (Å²) in [5, 5.41) is 8.84. The standard InChI is InChI=1S/C10H13N3O3/c1-7-6-16-5-4-13(7)10-11-3-2-8(12-10)9(14)15/h2-3,7H,4-6H2,1H3,(H,14,15). The lowest BCUT2D eigenvalue weighted by Crippen LogP contribution is -2.44. The van der Waals surface area contributed by atoms with Gasteiger partial charge in [0, 0.05) is 12.7 Å². The lowest BCUT2D eigenvalue weighted by molar-refractivity contribution is 0.0690. The van der Waals surface area contributed by atoms with Crippen molar-refractivity contribution in [2.24, 2.45) is 0 Å². The van der Waals surface area contributed by atoms with Gasteiger partial charge in [-0.25, -0.2) is 14.8 Å². The molecule has 2 rings (SSSR count). The number of morpholine rings is 1. The molecule has 86 valence electrons. The van der Waals surface area contributed by atoms with Crippen LogP contribution in [0.3, 0.4) is 0 Å². The molecule has 0 radical (unpaired) electrons. The number of carbonyl (C=O) groups is 1. The van der Waals surface area contributed by atoms with Crippen molar-refractivity contribution >= 4 is 11.9 Å². The third-order valence-corrected chi connectivity index (χ3v) is 2.49. The van der Waals surface area contributed by atoms with Gasteiger partial charge in [-0.3, -0.25) is 0 Å². The fourth-order valence-corrected chi connectivity index (χ4v) is 1.63. The van der Waals surface area contributed by atoms with E-state index in [0.29, 0.717) is 25.7 Å². The zero-order valence-corrected chi connectivity index (χ0v) is 8.96. The van der Waals surface area contributed by atoms with Gasteiger partial charge in [0.2, 0.25) is 5.95 Å². The second-order valence-corrected chi connectivity index (χ2v) is 3.66. The smallest absolute Gasteiger partial charge is 0.354 e. The molecule has 1 saturated heterocycles. The molecule has 0 saturated carbocycles. The SMILES string of the molecule is CC1COCCN1c1nccc(C(=O)O)n1. The second kappa shape index (κ2) is 4.44. The number of hydrogen-bond donors (Lipinski definition) is 1. The van der Waals surface area contributed by atoms with Gasteiger partial charge in [0.25, 0.3) is 0 Å². The Morgan fingerprint density at radius 3 is 3.19 bits per heavy atom. The molecule has 0 aromatic carbocycles. The molecule has 1 fully saturated rings. The first-order valence-corrected chi connectivity index (χ1v) is 5.09. The van der Waals surface area contributed by atoms with Gasteiger partial charge in [0.15, 0.2) is 5.69 Å². The first-order valence-electron chi connectivity index (χ1n) is 5.09. The van der Waals surface area contributed by atoms with Crippen molar-refractivity contribution in [3.63, 3.8) is 0 Å². The normalized spacial score (nSPS) is 20.8. The monoisotopic (exact) mass is 223 g/mol. The minimum atomic E-state index is -1.04. The van der Waals surface area contributed by atoms with Crippen molar-refractivity contribution in [2.45, 2.75) is 13.0 Å². The third kappa shape index (κ3) is 2.11. The highest BCUT2D eigenvalue weighted by Crippen LogP contribution is 2.14. The van der Waals surface area contributed by atoms with Crippen LogP contribution in [0.1, 0.15) is 17.4 Å². The van der Waals surface area contributed by atoms with E-state index in [1.54, 1.807) is 0 Å². The van der Waals surface area contributed by atoms with Crippen LogP contribution < -0.4 is 4.90 Å². The van der Waals surface area contributed by atoms with Gasteiger partial charge >= 0.3 is 5.97 Å². The first kappa shape index (κ1) is 10.8. The highest BCUT2D eigenvalue weighted by molar-refractivity contribution is 5.85. The molecule has 1 N–H and O–H groups in total. The lowest BCUT2D eigenvalue weighted by Gasteiger charge is -2.33. The van der Waals surface area contributed by atoms with E-state index in [-0.39, 0.29) is 11.7 Å². The molecule has 0 aliphatic carbocycles. The van der Waals surface area contributed by atoms with E-state index in [4.69, 9.17) is 9.84 Å². The predicted molar refractivity (Wildman–Crippen MR) is 56.6 cm³/mol. The maximum Gasteiger partial charge on any atom is 0.354 e. The summed E-state index contributed by atoms with van der Waals surface area (Å²) in [7, 11) is 0. The van der Waals surface area contributed by atoms with E-state index in [1.165, 1.54) is 12.3 Å². The highest BCUT2D eigenvalue weighted by atomic mass is 16.5. The maximum atomic E-state index is 10.8. The molecule has 0 amide bonds. The molecule has 0 bridgehead atoms. The largest absolute Gasteiger partial charge is 0.477 e. The van der Waals surface area contributed by atoms with Crippen LogP contribution in [0.15, 0.2) is 12.3 Å². The molecule has 6 heteroatoms. The Morgan fingerprint density at radius 1 is 1.69 bits per heavy atom. The van der Waals surface area contributed by atoms with Crippen molar-refractivity contribution in [1.29, 1.82) is 0 Å². The van der Waals surface area contributed by atoms with E-state index < -0.39 is 5.97 Å². The third-order valence-electron chi connectivity index (χ3n) is 2.49. The van der Waals surface area contributed by atoms with E-state index in [1.807, 2.05) is 11.8 Å². The minimum Gasteiger partial charge on any atom is -0.477 e. The Bertz CT molecular complexity index is 397. The number of rotatable bonds is 2. The Morgan fingerprint density at radius 2 is 2.50 bits per heavy atom. The number of ether oxygens (including phenoxy) is 1. The van der Waals surface area contributed by atoms with E-state index in [2.05, 4.69) is 9.97 Å². The number of anilines is 1. The van der Waals surface area contributed by atoms with Crippen LogP contribution in [0.4, 0.5) is 5.95 Å². The Hall–Kier alpha value is -1.69. The second-order valence-electron chi connectivity index (χ2n) is 3.66. The van der Waals surface area contributed by atoms with Crippen molar-refractivity contribution < 1.29 is 14.6 Å². The van der Waals surface area contributed by atoms with Crippen LogP contribution in [0.5, 0.6) is 0 Å². The van der Waals surface area contributed by atoms with E-state index in [9.17, 15) is 4.79 Å². The fraction of sp³-hybridized carbons (Fsp3) is 0.500. The molecule has 0 spiro atoms. The zero-order chi connectivity index (χ0) is 11.5. The number of hydrogen-bond acceptors (Lipinski definition) is 5. The van der Waals surface area contributed by atoms with E-state index >= 15 is 0 Å². The summed E-state index contributed by atoms with van der Waals surface area (Å²) in [5.74, 6) is -0.583. The molecule has 6 nitrogen and oxygen atoms in total. The van der Waals surface area contributed by atoms with Crippen LogP contribution in [-0.4, -0.2) is 46.8 Å². The number of nitrogens with zero attached hydrogens (tertiary/aromatic N) is 3. The van der Waals surface area contributed by atoms with Gasteiger partial charge in [-0.05, 0) is 13.0 Å². The fourth-order valence-electron chi connectivity index (χ4n) is 1.63. The number of aromatic nitrogens is 2. The number of carboxylic acid groups (broad SMARTS) is 1. The zero-order valence-electron chi connectivity index (χ0n) is 8.96. The number of aromatic carboxylic acids is 1. The summed E-state index contributed by atoms with van der Waals surface area (Å²) in [6.07, 6.45) is 1.47. The summed E-state index contributed by atoms with van der Waals surface area (Å²) in [4.78, 5) is 20.8. The molecule has 1 aliphatic rings. The van der Waals surface area contributed by atoms with Gasteiger partial charge in [-0.15, -0.1) is 0 Å². The van der Waals surface area contributed by atoms with Gasteiger partial charge in [0.1, 0.15) is 0 Å². The van der Waals surface area contributed by atoms with Crippen LogP contribution in [0.25, 0.3) is 0 Å². The Balaban J connectivity index is 2.25. The van der Waals surface area contributed by atoms with Gasteiger partial charge in [-0.1, -0.05) is 0 Å². The Labute approximate surface area is 92.9 Å². The van der Waals surface area contributed by atoms with Crippen molar-refractivity contribution in [3.05, 3.63) is 18.0 Å². The summed E-state index contributed by atoms with van der Waals surface area (Å²) < 4.78 is 5.30. The molecular formula is C10H13N3O3. The van der Waals surface area contributed by atoms with Gasteiger partial charge in [-0.2, -0.15) is 0 Å². The molecule has 1 unspecified atom stereocenters. The van der Waals surface area contributed by atoms with Crippen molar-refractivity contribution in [1.82, 2.24) is 9.97 Å². The number of carboxylic acids is 1. The molecular weight excluding hydrogens is 210 g/mol. The maximum absolute atomic E-state index is 10.8. The predicted octanol–water partition coefficient (Wildman–Crippen LogP) is 0.400. The quantitative estimate of drug-likeness (QED) is 0.782. The molecule has 1 aromatic rings. The summed E-state index contributed by atoms with van der Waals surface area (Å²) >= 11 is 0. The molecule has 16 heavy (non-hydrogen) atoms. The summed E-state index contributed by atoms with van der Waals surface area (Å²) in [6.45, 7) is 3.91. The molecule has 1 aliphatic heterocycles. The lowest BCUT2D eigenvalue weighted by atomic mass is 10.3. The summed E-state index contributed by atoms with van der Waals surface area (Å²) in [5.41, 5.74) is 0.0173. The van der Waals surface area contributed by atoms with Crippen molar-refractivity contribution in [3.8, 4) is 0 Å². The van der Waals surface area contributed by atoms with Gasteiger partial charge < -0.3 is 14.7 Å². The average Bonchev–Trinajstić information content (AvgIpc) is 2.30. The minimum absolute atomic E-state index is 0.0173. The van der Waals surface area contributed by atoms with Crippen molar-refractivity contribution in [2.75, 3.05) is 24.7 Å². The highest BCUT2D eigenvalue weighted by Gasteiger charge is 2.21. The van der Waals surface area contributed by atoms with Crippen LogP contribution in [0.2, 0.25) is 0 Å². The molecule has 2 heterocycles.